The zero-order valence-electron chi connectivity index (χ0n) is 23.5. The highest BCUT2D eigenvalue weighted by Crippen LogP contribution is 2.23. The van der Waals surface area contributed by atoms with Gasteiger partial charge in [0.15, 0.2) is 5.65 Å². The van der Waals surface area contributed by atoms with Gasteiger partial charge in [0, 0.05) is 62.5 Å². The number of fused-ring (bicyclic) bond motifs is 1. The van der Waals surface area contributed by atoms with E-state index in [0.717, 1.165) is 31.9 Å². The first kappa shape index (κ1) is 27.8. The van der Waals surface area contributed by atoms with Gasteiger partial charge in [-0.15, -0.1) is 6.58 Å². The number of piperazine rings is 1. The summed E-state index contributed by atoms with van der Waals surface area (Å²) in [5.41, 5.74) is 2.63. The summed E-state index contributed by atoms with van der Waals surface area (Å²) in [6.45, 7) is 14.4. The third kappa shape index (κ3) is 6.28. The largest absolute Gasteiger partial charge is 0.374 e. The molecule has 0 saturated carbocycles. The van der Waals surface area contributed by atoms with Crippen molar-refractivity contribution in [3.63, 3.8) is 0 Å². The maximum absolute atomic E-state index is 13.3. The molecule has 0 bridgehead atoms. The minimum absolute atomic E-state index is 0.190. The van der Waals surface area contributed by atoms with Crippen LogP contribution in [0.15, 0.2) is 66.3 Å². The van der Waals surface area contributed by atoms with Crippen LogP contribution in [0.3, 0.4) is 0 Å². The van der Waals surface area contributed by atoms with E-state index in [2.05, 4.69) is 66.6 Å². The van der Waals surface area contributed by atoms with Crippen LogP contribution in [-0.2, 0) is 11.3 Å². The number of allylic oxidation sites excluding steroid dienone is 4. The Morgan fingerprint density at radius 2 is 1.85 bits per heavy atom. The predicted molar refractivity (Wildman–Crippen MR) is 158 cm³/mol. The minimum Gasteiger partial charge on any atom is -0.374 e. The van der Waals surface area contributed by atoms with Gasteiger partial charge >= 0.3 is 0 Å². The highest BCUT2D eigenvalue weighted by molar-refractivity contribution is 5.81. The number of hydrogen-bond donors (Lipinski definition) is 1. The van der Waals surface area contributed by atoms with Crippen molar-refractivity contribution in [3.05, 3.63) is 71.8 Å². The zero-order chi connectivity index (χ0) is 28.2. The average molecular weight is 531 g/mol. The van der Waals surface area contributed by atoms with Crippen LogP contribution in [0.25, 0.3) is 16.7 Å². The molecule has 206 valence electrons. The quantitative estimate of drug-likeness (QED) is 0.194. The van der Waals surface area contributed by atoms with E-state index in [9.17, 15) is 9.59 Å². The molecule has 1 fully saturated rings. The maximum Gasteiger partial charge on any atom is 0.278 e. The van der Waals surface area contributed by atoms with Crippen molar-refractivity contribution in [1.29, 1.82) is 0 Å². The van der Waals surface area contributed by atoms with Crippen LogP contribution in [0.1, 0.15) is 20.8 Å². The van der Waals surface area contributed by atoms with Crippen molar-refractivity contribution in [3.8, 4) is 0 Å². The molecule has 0 radical (unpaired) electrons. The zero-order valence-corrected chi connectivity index (χ0v) is 23.5. The summed E-state index contributed by atoms with van der Waals surface area (Å²) in [5.74, 6) is 0.363. The second kappa shape index (κ2) is 11.7. The van der Waals surface area contributed by atoms with E-state index < -0.39 is 0 Å². The van der Waals surface area contributed by atoms with Crippen LogP contribution in [0, 0.1) is 0 Å². The maximum atomic E-state index is 13.3. The molecule has 1 aliphatic rings. The Bertz CT molecular complexity index is 1430. The van der Waals surface area contributed by atoms with E-state index in [0.29, 0.717) is 29.0 Å². The molecule has 1 N–H and O–H groups in total. The molecule has 0 atom stereocenters. The Hall–Kier alpha value is -4.18. The lowest BCUT2D eigenvalue weighted by atomic mass is 10.1. The molecule has 39 heavy (non-hydrogen) atoms. The molecular formula is C29H38N8O2. The Labute approximate surface area is 229 Å². The molecule has 0 aliphatic carbocycles. The van der Waals surface area contributed by atoms with Crippen LogP contribution in [0.2, 0.25) is 0 Å². The monoisotopic (exact) mass is 530 g/mol. The molecule has 3 heterocycles. The van der Waals surface area contributed by atoms with Gasteiger partial charge in [0.25, 0.3) is 5.56 Å². The first-order valence-corrected chi connectivity index (χ1v) is 13.1. The summed E-state index contributed by atoms with van der Waals surface area (Å²) >= 11 is 0. The van der Waals surface area contributed by atoms with E-state index >= 15 is 0 Å². The number of likely N-dealkylation sites (N-methyl/N-ethyl adjacent to an activating group) is 1. The van der Waals surface area contributed by atoms with E-state index in [1.807, 2.05) is 30.3 Å². The van der Waals surface area contributed by atoms with E-state index in [1.54, 1.807) is 21.5 Å². The number of nitrogens with zero attached hydrogens (tertiary/aromatic N) is 7. The number of carbonyl (C=O) groups excluding carboxylic acids is 1. The number of anilines is 3. The van der Waals surface area contributed by atoms with Gasteiger partial charge in [-0.25, -0.2) is 14.3 Å². The first-order chi connectivity index (χ1) is 18.6. The highest BCUT2D eigenvalue weighted by atomic mass is 16.1. The van der Waals surface area contributed by atoms with Gasteiger partial charge in [0.05, 0.1) is 12.2 Å². The van der Waals surface area contributed by atoms with Crippen LogP contribution < -0.4 is 15.8 Å². The third-order valence-corrected chi connectivity index (χ3v) is 6.94. The fourth-order valence-corrected chi connectivity index (χ4v) is 4.29. The third-order valence-electron chi connectivity index (χ3n) is 6.94. The summed E-state index contributed by atoms with van der Waals surface area (Å²) in [6.07, 6.45) is 8.86. The standard InChI is InChI=1S/C29H38N8O2/c1-7-14-36-27(39)25-20-30-28(31-22-10-12-23(13-11-22)35-17-15-33(5)16-18-35)32-26(25)37(36)24(9-8-19-38)21-34(6)29(2,3)4/h7-13,19-21H,1,14-18H2,2-6H3,(H,30,31,32)/b9-8-,24-21+. The van der Waals surface area contributed by atoms with Crippen LogP contribution in [0.4, 0.5) is 17.3 Å². The van der Waals surface area contributed by atoms with Crippen molar-refractivity contribution in [1.82, 2.24) is 29.1 Å². The molecule has 4 rings (SSSR count). The smallest absolute Gasteiger partial charge is 0.278 e. The molecule has 3 aromatic rings. The van der Waals surface area contributed by atoms with Crippen molar-refractivity contribution < 1.29 is 4.79 Å². The summed E-state index contributed by atoms with van der Waals surface area (Å²) in [5, 5.41) is 3.64. The van der Waals surface area contributed by atoms with Gasteiger partial charge in [-0.05, 0) is 64.2 Å². The summed E-state index contributed by atoms with van der Waals surface area (Å²) < 4.78 is 3.25. The average Bonchev–Trinajstić information content (AvgIpc) is 3.17. The summed E-state index contributed by atoms with van der Waals surface area (Å²) in [4.78, 5) is 40.5. The number of aromatic nitrogens is 4. The normalized spacial score (nSPS) is 15.2. The van der Waals surface area contributed by atoms with E-state index in [1.165, 1.54) is 18.0 Å². The summed E-state index contributed by atoms with van der Waals surface area (Å²) in [7, 11) is 4.09. The fraction of sp³-hybridized carbons (Fsp3) is 0.379. The van der Waals surface area contributed by atoms with Gasteiger partial charge < -0.3 is 20.0 Å². The van der Waals surface area contributed by atoms with E-state index in [-0.39, 0.29) is 17.6 Å². The number of carbonyl (C=O) groups is 1. The minimum atomic E-state index is -0.239. The summed E-state index contributed by atoms with van der Waals surface area (Å²) in [6, 6.07) is 8.20. The Morgan fingerprint density at radius 1 is 1.15 bits per heavy atom. The molecule has 10 heteroatoms. The second-order valence-corrected chi connectivity index (χ2v) is 10.7. The Morgan fingerprint density at radius 3 is 2.46 bits per heavy atom. The van der Waals surface area contributed by atoms with Crippen molar-refractivity contribution in [2.24, 2.45) is 0 Å². The molecule has 2 aromatic heterocycles. The van der Waals surface area contributed by atoms with Crippen LogP contribution in [0.5, 0.6) is 0 Å². The SMILES string of the molecule is C=CCn1c(=O)c2cnc(Nc3ccc(N4CCN(C)CC4)cc3)nc2n1C(/C=C\C=O)=C/N(C)C(C)(C)C. The van der Waals surface area contributed by atoms with Crippen LogP contribution >= 0.6 is 0 Å². The van der Waals surface area contributed by atoms with Gasteiger partial charge in [0.1, 0.15) is 11.7 Å². The Kier molecular flexibility index (Phi) is 8.35. The number of benzene rings is 1. The number of rotatable bonds is 9. The van der Waals surface area contributed by atoms with Crippen molar-refractivity contribution in [2.75, 3.05) is 50.5 Å². The molecule has 10 nitrogen and oxygen atoms in total. The van der Waals surface area contributed by atoms with Gasteiger partial charge in [-0.2, -0.15) is 4.98 Å². The molecule has 0 amide bonds. The van der Waals surface area contributed by atoms with Gasteiger partial charge in [-0.1, -0.05) is 6.08 Å². The van der Waals surface area contributed by atoms with Crippen LogP contribution in [-0.4, -0.2) is 81.2 Å². The van der Waals surface area contributed by atoms with Crippen molar-refractivity contribution in [2.45, 2.75) is 32.9 Å². The number of hydrogen-bond acceptors (Lipinski definition) is 8. The molecule has 1 aliphatic heterocycles. The van der Waals surface area contributed by atoms with Gasteiger partial charge in [0.2, 0.25) is 5.95 Å². The Balaban J connectivity index is 1.73. The lowest BCUT2D eigenvalue weighted by molar-refractivity contribution is -0.104. The second-order valence-electron chi connectivity index (χ2n) is 10.7. The first-order valence-electron chi connectivity index (χ1n) is 13.1. The molecule has 0 spiro atoms. The van der Waals surface area contributed by atoms with Crippen molar-refractivity contribution >= 4 is 40.3 Å². The number of aldehydes is 1. The fourth-order valence-electron chi connectivity index (χ4n) is 4.29. The molecule has 1 saturated heterocycles. The molecule has 0 unspecified atom stereocenters. The lowest BCUT2D eigenvalue weighted by Crippen LogP contribution is -2.44. The molecular weight excluding hydrogens is 492 g/mol. The predicted octanol–water partition coefficient (Wildman–Crippen LogP) is 3.56. The lowest BCUT2D eigenvalue weighted by Gasteiger charge is -2.34. The topological polar surface area (TPSA) is 91.5 Å². The number of nitrogens with one attached hydrogen (secondary N) is 1. The van der Waals surface area contributed by atoms with Gasteiger partial charge in [-0.3, -0.25) is 9.59 Å². The highest BCUT2D eigenvalue weighted by Gasteiger charge is 2.20. The van der Waals surface area contributed by atoms with E-state index in [4.69, 9.17) is 4.98 Å². The molecule has 1 aromatic carbocycles.